The molecule has 1 aromatic heterocycles. The Morgan fingerprint density at radius 2 is 2.05 bits per heavy atom. The van der Waals surface area contributed by atoms with E-state index in [2.05, 4.69) is 4.98 Å². The lowest BCUT2D eigenvalue weighted by Gasteiger charge is -2.24. The van der Waals surface area contributed by atoms with Crippen molar-refractivity contribution in [3.8, 4) is 6.01 Å². The molecular weight excluding hydrogens is 297 g/mol. The summed E-state index contributed by atoms with van der Waals surface area (Å²) < 4.78 is 50.5. The molecule has 1 aliphatic rings. The quantitative estimate of drug-likeness (QED) is 0.873. The van der Waals surface area contributed by atoms with Crippen molar-refractivity contribution in [1.29, 1.82) is 0 Å². The van der Waals surface area contributed by atoms with E-state index in [0.29, 0.717) is 24.7 Å². The third-order valence-corrected chi connectivity index (χ3v) is 3.43. The zero-order valence-corrected chi connectivity index (χ0v) is 11.9. The maximum atomic E-state index is 12.5. The van der Waals surface area contributed by atoms with Crippen molar-refractivity contribution in [2.24, 2.45) is 0 Å². The highest BCUT2D eigenvalue weighted by molar-refractivity contribution is 5.24. The van der Waals surface area contributed by atoms with E-state index >= 15 is 0 Å². The van der Waals surface area contributed by atoms with Crippen molar-refractivity contribution < 1.29 is 22.6 Å². The van der Waals surface area contributed by atoms with Crippen LogP contribution in [0.3, 0.4) is 0 Å². The number of halogens is 3. The van der Waals surface area contributed by atoms with Crippen molar-refractivity contribution >= 4 is 0 Å². The molecule has 0 fully saturated rings. The Bertz CT molecular complexity index is 650. The SMILES string of the molecule is Cc1cn2c(n1)OCC(OCc1ccc(C(F)(F)F)cc1)C2. The van der Waals surface area contributed by atoms with Crippen LogP contribution in [0.25, 0.3) is 0 Å². The zero-order valence-electron chi connectivity index (χ0n) is 11.9. The van der Waals surface area contributed by atoms with Gasteiger partial charge in [-0.15, -0.1) is 0 Å². The second-order valence-electron chi connectivity index (χ2n) is 5.26. The van der Waals surface area contributed by atoms with E-state index in [0.717, 1.165) is 17.8 Å². The van der Waals surface area contributed by atoms with Gasteiger partial charge < -0.3 is 9.47 Å². The highest BCUT2D eigenvalue weighted by atomic mass is 19.4. The molecular formula is C15H15F3N2O2. The summed E-state index contributed by atoms with van der Waals surface area (Å²) in [7, 11) is 0. The maximum Gasteiger partial charge on any atom is 0.416 e. The molecule has 2 heterocycles. The Balaban J connectivity index is 1.57. The maximum absolute atomic E-state index is 12.5. The van der Waals surface area contributed by atoms with Crippen LogP contribution >= 0.6 is 0 Å². The summed E-state index contributed by atoms with van der Waals surface area (Å²) in [6.07, 6.45) is -2.58. The third-order valence-electron chi connectivity index (χ3n) is 3.43. The van der Waals surface area contributed by atoms with Gasteiger partial charge in [-0.1, -0.05) is 12.1 Å². The summed E-state index contributed by atoms with van der Waals surface area (Å²) in [5.74, 6) is 0. The number of alkyl halides is 3. The number of rotatable bonds is 3. The molecule has 1 aliphatic heterocycles. The van der Waals surface area contributed by atoms with Crippen LogP contribution in [0.15, 0.2) is 30.5 Å². The Labute approximate surface area is 125 Å². The fraction of sp³-hybridized carbons (Fsp3) is 0.400. The van der Waals surface area contributed by atoms with Crippen molar-refractivity contribution in [3.05, 3.63) is 47.3 Å². The molecule has 1 unspecified atom stereocenters. The predicted molar refractivity (Wildman–Crippen MR) is 72.5 cm³/mol. The Kier molecular flexibility index (Phi) is 3.82. The van der Waals surface area contributed by atoms with Gasteiger partial charge in [0.25, 0.3) is 6.01 Å². The fourth-order valence-corrected chi connectivity index (χ4v) is 2.32. The molecule has 2 aromatic rings. The number of benzene rings is 1. The number of aryl methyl sites for hydroxylation is 1. The van der Waals surface area contributed by atoms with E-state index in [1.165, 1.54) is 12.1 Å². The van der Waals surface area contributed by atoms with Crippen LogP contribution in [0, 0.1) is 6.92 Å². The molecule has 3 rings (SSSR count). The van der Waals surface area contributed by atoms with Crippen LogP contribution < -0.4 is 4.74 Å². The van der Waals surface area contributed by atoms with E-state index in [4.69, 9.17) is 9.47 Å². The number of hydrogen-bond donors (Lipinski definition) is 0. The summed E-state index contributed by atoms with van der Waals surface area (Å²) in [6.45, 7) is 3.13. The first-order chi connectivity index (χ1) is 10.4. The minimum atomic E-state index is -4.31. The molecule has 0 aliphatic carbocycles. The lowest BCUT2D eigenvalue weighted by molar-refractivity contribution is -0.137. The van der Waals surface area contributed by atoms with Crippen molar-refractivity contribution in [3.63, 3.8) is 0 Å². The summed E-state index contributed by atoms with van der Waals surface area (Å²) in [5.41, 5.74) is 0.912. The summed E-state index contributed by atoms with van der Waals surface area (Å²) in [5, 5.41) is 0. The number of imidazole rings is 1. The zero-order chi connectivity index (χ0) is 15.7. The molecule has 0 saturated heterocycles. The second kappa shape index (κ2) is 5.64. The average Bonchev–Trinajstić information content (AvgIpc) is 2.84. The summed E-state index contributed by atoms with van der Waals surface area (Å²) in [4.78, 5) is 4.22. The van der Waals surface area contributed by atoms with Gasteiger partial charge in [-0.25, -0.2) is 4.98 Å². The van der Waals surface area contributed by atoms with Gasteiger partial charge >= 0.3 is 6.18 Å². The van der Waals surface area contributed by atoms with Gasteiger partial charge in [0.15, 0.2) is 0 Å². The standard InChI is InChI=1S/C15H15F3N2O2/c1-10-6-20-7-13(9-22-14(20)19-10)21-8-11-2-4-12(5-3-11)15(16,17)18/h2-6,13H,7-9H2,1H3. The fourth-order valence-electron chi connectivity index (χ4n) is 2.32. The van der Waals surface area contributed by atoms with Gasteiger partial charge in [-0.3, -0.25) is 4.57 Å². The molecule has 0 spiro atoms. The first-order valence-electron chi connectivity index (χ1n) is 6.86. The molecule has 0 amide bonds. The van der Waals surface area contributed by atoms with Crippen molar-refractivity contribution in [2.75, 3.05) is 6.61 Å². The van der Waals surface area contributed by atoms with Gasteiger partial charge in [-0.05, 0) is 24.6 Å². The number of hydrogen-bond acceptors (Lipinski definition) is 3. The van der Waals surface area contributed by atoms with Gasteiger partial charge in [-0.2, -0.15) is 13.2 Å². The molecule has 0 radical (unpaired) electrons. The normalized spacial score (nSPS) is 17.9. The largest absolute Gasteiger partial charge is 0.462 e. The Hall–Kier alpha value is -2.02. The molecule has 22 heavy (non-hydrogen) atoms. The highest BCUT2D eigenvalue weighted by Crippen LogP contribution is 2.29. The molecule has 7 heteroatoms. The Morgan fingerprint density at radius 3 is 2.73 bits per heavy atom. The topological polar surface area (TPSA) is 36.3 Å². The highest BCUT2D eigenvalue weighted by Gasteiger charge is 2.30. The van der Waals surface area contributed by atoms with Gasteiger partial charge in [0.1, 0.15) is 12.7 Å². The smallest absolute Gasteiger partial charge is 0.416 e. The molecule has 1 atom stereocenters. The number of fused-ring (bicyclic) bond motifs is 1. The van der Waals surface area contributed by atoms with E-state index in [9.17, 15) is 13.2 Å². The van der Waals surface area contributed by atoms with Crippen LogP contribution in [0.2, 0.25) is 0 Å². The number of nitrogens with zero attached hydrogens (tertiary/aromatic N) is 2. The second-order valence-corrected chi connectivity index (χ2v) is 5.26. The number of ether oxygens (including phenoxy) is 2. The van der Waals surface area contributed by atoms with Gasteiger partial charge in [0.05, 0.1) is 24.4 Å². The monoisotopic (exact) mass is 312 g/mol. The minimum Gasteiger partial charge on any atom is -0.462 e. The molecule has 0 saturated carbocycles. The van der Waals surface area contributed by atoms with Gasteiger partial charge in [0, 0.05) is 6.20 Å². The number of aromatic nitrogens is 2. The predicted octanol–water partition coefficient (Wildman–Crippen LogP) is 3.19. The molecule has 118 valence electrons. The van der Waals surface area contributed by atoms with Crippen molar-refractivity contribution in [2.45, 2.75) is 32.4 Å². The molecule has 1 aromatic carbocycles. The van der Waals surface area contributed by atoms with Crippen LogP contribution in [0.4, 0.5) is 13.2 Å². The Morgan fingerprint density at radius 1 is 1.32 bits per heavy atom. The summed E-state index contributed by atoms with van der Waals surface area (Å²) in [6, 6.07) is 5.56. The van der Waals surface area contributed by atoms with Crippen LogP contribution in [-0.4, -0.2) is 22.3 Å². The van der Waals surface area contributed by atoms with E-state index in [-0.39, 0.29) is 12.7 Å². The first-order valence-corrected chi connectivity index (χ1v) is 6.86. The van der Waals surface area contributed by atoms with E-state index < -0.39 is 11.7 Å². The van der Waals surface area contributed by atoms with E-state index in [1.807, 2.05) is 17.7 Å². The lowest BCUT2D eigenvalue weighted by Crippen LogP contribution is -2.32. The van der Waals surface area contributed by atoms with Crippen LogP contribution in [0.5, 0.6) is 6.01 Å². The van der Waals surface area contributed by atoms with Gasteiger partial charge in [0.2, 0.25) is 0 Å². The van der Waals surface area contributed by atoms with Crippen LogP contribution in [-0.2, 0) is 24.1 Å². The average molecular weight is 312 g/mol. The first kappa shape index (κ1) is 14.9. The summed E-state index contributed by atoms with van der Waals surface area (Å²) >= 11 is 0. The lowest BCUT2D eigenvalue weighted by atomic mass is 10.1. The molecule has 0 bridgehead atoms. The third kappa shape index (κ3) is 3.24. The van der Waals surface area contributed by atoms with Crippen LogP contribution in [0.1, 0.15) is 16.8 Å². The van der Waals surface area contributed by atoms with E-state index in [1.54, 1.807) is 0 Å². The van der Waals surface area contributed by atoms with Crippen molar-refractivity contribution in [1.82, 2.24) is 9.55 Å². The molecule has 0 N–H and O–H groups in total. The molecule has 4 nitrogen and oxygen atoms in total. The minimum absolute atomic E-state index is 0.150.